The van der Waals surface area contributed by atoms with Crippen LogP contribution in [-0.4, -0.2) is 42.9 Å². The van der Waals surface area contributed by atoms with Gasteiger partial charge < -0.3 is 14.8 Å². The standard InChI is InChI=1S/C18H16BrN5O3S/c1-24-17(11-2-5-13(19)6-3-11)22-23-18(24)28-10-16(27)21-20-9-12-4-7-14(25)8-15(12)26/h2-9,25-26H,10H2,1H3,(H,21,27)/b20-9-. The van der Waals surface area contributed by atoms with Crippen molar-refractivity contribution in [3.8, 4) is 22.9 Å². The summed E-state index contributed by atoms with van der Waals surface area (Å²) >= 11 is 4.63. The highest BCUT2D eigenvalue weighted by Crippen LogP contribution is 2.24. The number of benzene rings is 2. The van der Waals surface area contributed by atoms with Gasteiger partial charge in [0.2, 0.25) is 0 Å². The van der Waals surface area contributed by atoms with Gasteiger partial charge in [-0.3, -0.25) is 4.79 Å². The van der Waals surface area contributed by atoms with Gasteiger partial charge in [0.05, 0.1) is 12.0 Å². The Kier molecular flexibility index (Phi) is 6.32. The Morgan fingerprint density at radius 2 is 2.00 bits per heavy atom. The third kappa shape index (κ3) is 4.90. The van der Waals surface area contributed by atoms with Gasteiger partial charge in [-0.15, -0.1) is 10.2 Å². The molecule has 0 fully saturated rings. The van der Waals surface area contributed by atoms with E-state index in [2.05, 4.69) is 36.7 Å². The van der Waals surface area contributed by atoms with Gasteiger partial charge in [0, 0.05) is 28.7 Å². The maximum absolute atomic E-state index is 12.0. The first-order chi connectivity index (χ1) is 13.4. The number of aromatic hydroxyl groups is 2. The van der Waals surface area contributed by atoms with E-state index in [1.165, 1.54) is 36.2 Å². The van der Waals surface area contributed by atoms with Crippen molar-refractivity contribution >= 4 is 39.8 Å². The molecule has 0 radical (unpaired) electrons. The normalized spacial score (nSPS) is 11.1. The zero-order valence-corrected chi connectivity index (χ0v) is 17.1. The first-order valence-electron chi connectivity index (χ1n) is 8.06. The molecule has 0 bridgehead atoms. The summed E-state index contributed by atoms with van der Waals surface area (Å²) in [5.41, 5.74) is 3.68. The molecule has 10 heteroatoms. The average Bonchev–Trinajstić information content (AvgIpc) is 3.03. The molecule has 3 aromatic rings. The highest BCUT2D eigenvalue weighted by atomic mass is 79.9. The predicted molar refractivity (Wildman–Crippen MR) is 110 cm³/mol. The predicted octanol–water partition coefficient (Wildman–Crippen LogP) is 2.90. The Labute approximate surface area is 173 Å². The summed E-state index contributed by atoms with van der Waals surface area (Å²) in [5, 5.41) is 31.6. The fraction of sp³-hybridized carbons (Fsp3) is 0.111. The van der Waals surface area contributed by atoms with E-state index in [0.717, 1.165) is 10.0 Å². The maximum Gasteiger partial charge on any atom is 0.250 e. The minimum absolute atomic E-state index is 0.0544. The molecule has 8 nitrogen and oxygen atoms in total. The average molecular weight is 462 g/mol. The molecule has 1 amide bonds. The summed E-state index contributed by atoms with van der Waals surface area (Å²) in [6.07, 6.45) is 1.30. The number of hydrazone groups is 1. The van der Waals surface area contributed by atoms with Crippen LogP contribution in [0.3, 0.4) is 0 Å². The fourth-order valence-corrected chi connectivity index (χ4v) is 3.24. The number of carbonyl (C=O) groups is 1. The van der Waals surface area contributed by atoms with Crippen LogP contribution in [0.15, 0.2) is 57.2 Å². The highest BCUT2D eigenvalue weighted by Gasteiger charge is 2.12. The lowest BCUT2D eigenvalue weighted by molar-refractivity contribution is -0.118. The molecule has 0 aliphatic carbocycles. The Morgan fingerprint density at radius 1 is 1.25 bits per heavy atom. The highest BCUT2D eigenvalue weighted by molar-refractivity contribution is 9.10. The molecule has 1 aromatic heterocycles. The smallest absolute Gasteiger partial charge is 0.250 e. The summed E-state index contributed by atoms with van der Waals surface area (Å²) in [6, 6.07) is 11.8. The quantitative estimate of drug-likeness (QED) is 0.295. The number of aromatic nitrogens is 3. The summed E-state index contributed by atoms with van der Waals surface area (Å²) in [6.45, 7) is 0. The number of hydrogen-bond donors (Lipinski definition) is 3. The van der Waals surface area contributed by atoms with E-state index in [9.17, 15) is 15.0 Å². The van der Waals surface area contributed by atoms with Crippen LogP contribution in [0.1, 0.15) is 5.56 Å². The maximum atomic E-state index is 12.0. The third-order valence-electron chi connectivity index (χ3n) is 3.68. The molecule has 0 spiro atoms. The van der Waals surface area contributed by atoms with Gasteiger partial charge >= 0.3 is 0 Å². The van der Waals surface area contributed by atoms with Crippen molar-refractivity contribution in [3.05, 3.63) is 52.5 Å². The number of nitrogens with one attached hydrogen (secondary N) is 1. The number of carbonyl (C=O) groups excluding carboxylic acids is 1. The molecule has 0 unspecified atom stereocenters. The van der Waals surface area contributed by atoms with Gasteiger partial charge in [0.25, 0.3) is 5.91 Å². The zero-order valence-electron chi connectivity index (χ0n) is 14.7. The second-order valence-corrected chi connectivity index (χ2v) is 7.56. The Balaban J connectivity index is 1.56. The number of rotatable bonds is 6. The van der Waals surface area contributed by atoms with Gasteiger partial charge in [-0.1, -0.05) is 39.8 Å². The van der Waals surface area contributed by atoms with Crippen LogP contribution in [0.2, 0.25) is 0 Å². The molecule has 2 aromatic carbocycles. The van der Waals surface area contributed by atoms with Crippen LogP contribution in [0, 0.1) is 0 Å². The lowest BCUT2D eigenvalue weighted by Crippen LogP contribution is -2.19. The first kappa shape index (κ1) is 19.9. The van der Waals surface area contributed by atoms with Crippen molar-refractivity contribution in [3.63, 3.8) is 0 Å². The molecule has 28 heavy (non-hydrogen) atoms. The van der Waals surface area contributed by atoms with Crippen molar-refractivity contribution in [2.75, 3.05) is 5.75 Å². The second kappa shape index (κ2) is 8.89. The van der Waals surface area contributed by atoms with E-state index >= 15 is 0 Å². The molecule has 0 saturated carbocycles. The third-order valence-corrected chi connectivity index (χ3v) is 5.23. The van der Waals surface area contributed by atoms with E-state index < -0.39 is 0 Å². The van der Waals surface area contributed by atoms with E-state index in [-0.39, 0.29) is 23.2 Å². The largest absolute Gasteiger partial charge is 0.508 e. The van der Waals surface area contributed by atoms with E-state index in [1.807, 2.05) is 35.9 Å². The SMILES string of the molecule is Cn1c(SCC(=O)N/N=C\c2ccc(O)cc2O)nnc1-c1ccc(Br)cc1. The molecule has 3 N–H and O–H groups in total. The van der Waals surface area contributed by atoms with Crippen molar-refractivity contribution in [1.29, 1.82) is 0 Å². The minimum Gasteiger partial charge on any atom is -0.508 e. The monoisotopic (exact) mass is 461 g/mol. The number of nitrogens with zero attached hydrogens (tertiary/aromatic N) is 4. The molecule has 1 heterocycles. The van der Waals surface area contributed by atoms with Crippen molar-refractivity contribution in [2.24, 2.45) is 12.1 Å². The van der Waals surface area contributed by atoms with Crippen molar-refractivity contribution in [1.82, 2.24) is 20.2 Å². The van der Waals surface area contributed by atoms with Crippen molar-refractivity contribution < 1.29 is 15.0 Å². The molecule has 0 aliphatic rings. The Bertz CT molecular complexity index is 1020. The lowest BCUT2D eigenvalue weighted by atomic mass is 10.2. The fourth-order valence-electron chi connectivity index (χ4n) is 2.27. The number of halogens is 1. The van der Waals surface area contributed by atoms with E-state index in [0.29, 0.717) is 16.5 Å². The van der Waals surface area contributed by atoms with Gasteiger partial charge in [0.15, 0.2) is 11.0 Å². The summed E-state index contributed by atoms with van der Waals surface area (Å²) in [7, 11) is 1.84. The zero-order chi connectivity index (χ0) is 20.1. The molecule has 0 atom stereocenters. The van der Waals surface area contributed by atoms with Gasteiger partial charge in [-0.05, 0) is 24.3 Å². The Morgan fingerprint density at radius 3 is 2.71 bits per heavy atom. The lowest BCUT2D eigenvalue weighted by Gasteiger charge is -2.04. The number of phenolic OH excluding ortho intramolecular Hbond substituents is 2. The van der Waals surface area contributed by atoms with Crippen molar-refractivity contribution in [2.45, 2.75) is 5.16 Å². The minimum atomic E-state index is -0.326. The van der Waals surface area contributed by atoms with E-state index in [1.54, 1.807) is 0 Å². The Hall–Kier alpha value is -2.85. The number of hydrogen-bond acceptors (Lipinski definition) is 7. The molecule has 0 aliphatic heterocycles. The van der Waals surface area contributed by atoms with Crippen LogP contribution in [0.5, 0.6) is 11.5 Å². The van der Waals surface area contributed by atoms with E-state index in [4.69, 9.17) is 0 Å². The molecule has 144 valence electrons. The summed E-state index contributed by atoms with van der Waals surface area (Å²) in [4.78, 5) is 12.0. The number of phenols is 2. The van der Waals surface area contributed by atoms with Crippen LogP contribution < -0.4 is 5.43 Å². The summed E-state index contributed by atoms with van der Waals surface area (Å²) < 4.78 is 2.80. The topological polar surface area (TPSA) is 113 Å². The summed E-state index contributed by atoms with van der Waals surface area (Å²) in [5.74, 6) is 0.294. The second-order valence-electron chi connectivity index (χ2n) is 5.70. The van der Waals surface area contributed by atoms with Crippen LogP contribution in [-0.2, 0) is 11.8 Å². The molecule has 0 saturated heterocycles. The molecule has 3 rings (SSSR count). The number of amides is 1. The van der Waals surface area contributed by atoms with Gasteiger partial charge in [-0.2, -0.15) is 5.10 Å². The van der Waals surface area contributed by atoms with Gasteiger partial charge in [0.1, 0.15) is 11.5 Å². The van der Waals surface area contributed by atoms with Crippen LogP contribution >= 0.6 is 27.7 Å². The van der Waals surface area contributed by atoms with Gasteiger partial charge in [-0.25, -0.2) is 5.43 Å². The van der Waals surface area contributed by atoms with Crippen LogP contribution in [0.25, 0.3) is 11.4 Å². The first-order valence-corrected chi connectivity index (χ1v) is 9.84. The molecular formula is C18H16BrN5O3S. The van der Waals surface area contributed by atoms with Crippen LogP contribution in [0.4, 0.5) is 0 Å². The molecular weight excluding hydrogens is 446 g/mol. The number of thioether (sulfide) groups is 1.